The molecule has 2 aromatic carbocycles. The molecule has 1 aliphatic rings. The minimum absolute atomic E-state index is 0.0629. The quantitative estimate of drug-likeness (QED) is 0.804. The highest BCUT2D eigenvalue weighted by Crippen LogP contribution is 2.40. The van der Waals surface area contributed by atoms with Gasteiger partial charge in [-0.1, -0.05) is 36.7 Å². The lowest BCUT2D eigenvalue weighted by atomic mass is 10.0. The van der Waals surface area contributed by atoms with E-state index in [-0.39, 0.29) is 21.6 Å². The van der Waals surface area contributed by atoms with Gasteiger partial charge >= 0.3 is 6.61 Å². The average Bonchev–Trinajstić information content (AvgIpc) is 2.87. The molecule has 4 nitrogen and oxygen atoms in total. The van der Waals surface area contributed by atoms with Gasteiger partial charge in [0.05, 0.1) is 15.6 Å². The number of ether oxygens (including phenoxy) is 1. The number of rotatable bonds is 4. The third-order valence-corrected chi connectivity index (χ3v) is 5.95. The van der Waals surface area contributed by atoms with Gasteiger partial charge in [-0.05, 0) is 29.8 Å². The molecule has 0 aromatic heterocycles. The Morgan fingerprint density at radius 1 is 1.25 bits per heavy atom. The predicted molar refractivity (Wildman–Crippen MR) is 87.5 cm³/mol. The Kier molecular flexibility index (Phi) is 4.40. The summed E-state index contributed by atoms with van der Waals surface area (Å²) in [7, 11) is -3.85. The number of para-hydroxylation sites is 1. The molecule has 0 amide bonds. The van der Waals surface area contributed by atoms with Crippen molar-refractivity contribution in [2.75, 3.05) is 10.8 Å². The molecule has 0 fully saturated rings. The Balaban J connectivity index is 1.99. The van der Waals surface area contributed by atoms with Gasteiger partial charge in [0.2, 0.25) is 0 Å². The Bertz CT molecular complexity index is 873. The number of anilines is 1. The molecule has 8 heteroatoms. The maximum Gasteiger partial charge on any atom is 0.387 e. The van der Waals surface area contributed by atoms with Gasteiger partial charge in [0.15, 0.2) is 0 Å². The lowest BCUT2D eigenvalue weighted by molar-refractivity contribution is -0.0498. The molecule has 0 aliphatic carbocycles. The van der Waals surface area contributed by atoms with Crippen LogP contribution >= 0.6 is 11.6 Å². The van der Waals surface area contributed by atoms with Crippen molar-refractivity contribution < 1.29 is 21.9 Å². The third kappa shape index (κ3) is 2.93. The standard InChI is InChI=1S/C16H14ClF2NO3S/c1-10-9-20(14-5-3-2-4-12(10)14)24(21,22)11-6-7-15(13(17)8-11)23-16(18)19/h2-8,10,16H,9H2,1H3. The smallest absolute Gasteiger partial charge is 0.387 e. The Hall–Kier alpha value is -1.86. The van der Waals surface area contributed by atoms with Crippen molar-refractivity contribution in [3.05, 3.63) is 53.1 Å². The van der Waals surface area contributed by atoms with Crippen molar-refractivity contribution in [2.24, 2.45) is 0 Å². The Labute approximate surface area is 143 Å². The number of halogens is 3. The molecular formula is C16H14ClF2NO3S. The summed E-state index contributed by atoms with van der Waals surface area (Å²) in [6.07, 6.45) is 0. The van der Waals surface area contributed by atoms with E-state index in [1.54, 1.807) is 12.1 Å². The molecule has 0 saturated heterocycles. The summed E-state index contributed by atoms with van der Waals surface area (Å²) in [5.41, 5.74) is 1.57. The van der Waals surface area contributed by atoms with Crippen LogP contribution in [0.3, 0.4) is 0 Å². The van der Waals surface area contributed by atoms with E-state index in [0.717, 1.165) is 17.7 Å². The van der Waals surface area contributed by atoms with Crippen LogP contribution in [0, 0.1) is 0 Å². The van der Waals surface area contributed by atoms with Crippen LogP contribution in [0.1, 0.15) is 18.4 Å². The molecule has 1 heterocycles. The highest BCUT2D eigenvalue weighted by atomic mass is 35.5. The van der Waals surface area contributed by atoms with E-state index in [0.29, 0.717) is 12.2 Å². The van der Waals surface area contributed by atoms with E-state index in [9.17, 15) is 17.2 Å². The van der Waals surface area contributed by atoms with E-state index in [4.69, 9.17) is 11.6 Å². The first kappa shape index (κ1) is 17.0. The summed E-state index contributed by atoms with van der Waals surface area (Å²) in [6, 6.07) is 10.7. The van der Waals surface area contributed by atoms with Crippen molar-refractivity contribution in [1.29, 1.82) is 0 Å². The van der Waals surface area contributed by atoms with E-state index in [1.807, 2.05) is 19.1 Å². The van der Waals surface area contributed by atoms with Crippen LogP contribution < -0.4 is 9.04 Å². The van der Waals surface area contributed by atoms with Gasteiger partial charge in [-0.3, -0.25) is 4.31 Å². The van der Waals surface area contributed by atoms with Crippen LogP contribution in [0.5, 0.6) is 5.75 Å². The molecule has 0 bridgehead atoms. The lowest BCUT2D eigenvalue weighted by Crippen LogP contribution is -2.29. The Morgan fingerprint density at radius 2 is 1.96 bits per heavy atom. The second-order valence-corrected chi connectivity index (χ2v) is 7.74. The largest absolute Gasteiger partial charge is 0.433 e. The number of benzene rings is 2. The lowest BCUT2D eigenvalue weighted by Gasteiger charge is -2.20. The molecule has 0 saturated carbocycles. The predicted octanol–water partition coefficient (Wildman–Crippen LogP) is 4.25. The average molecular weight is 374 g/mol. The Morgan fingerprint density at radius 3 is 2.62 bits per heavy atom. The summed E-state index contributed by atoms with van der Waals surface area (Å²) in [5, 5.41) is -0.183. The fourth-order valence-electron chi connectivity index (χ4n) is 2.77. The summed E-state index contributed by atoms with van der Waals surface area (Å²) in [6.45, 7) is -0.772. The molecule has 1 aliphatic heterocycles. The molecular weight excluding hydrogens is 360 g/mol. The maximum atomic E-state index is 12.9. The van der Waals surface area contributed by atoms with Gasteiger partial charge in [-0.25, -0.2) is 8.42 Å². The van der Waals surface area contributed by atoms with Crippen molar-refractivity contribution in [2.45, 2.75) is 24.3 Å². The van der Waals surface area contributed by atoms with E-state index >= 15 is 0 Å². The first-order valence-electron chi connectivity index (χ1n) is 7.16. The normalized spacial score (nSPS) is 17.2. The van der Waals surface area contributed by atoms with Crippen LogP contribution in [0.4, 0.5) is 14.5 Å². The number of hydrogen-bond acceptors (Lipinski definition) is 3. The molecule has 1 atom stereocenters. The van der Waals surface area contributed by atoms with Gasteiger partial charge in [0.25, 0.3) is 10.0 Å². The highest BCUT2D eigenvalue weighted by Gasteiger charge is 2.34. The molecule has 0 radical (unpaired) electrons. The van der Waals surface area contributed by atoms with Crippen LogP contribution in [-0.2, 0) is 10.0 Å². The van der Waals surface area contributed by atoms with E-state index in [1.165, 1.54) is 10.4 Å². The van der Waals surface area contributed by atoms with Gasteiger partial charge in [-0.15, -0.1) is 0 Å². The second-order valence-electron chi connectivity index (χ2n) is 5.47. The molecule has 0 spiro atoms. The zero-order valence-corrected chi connectivity index (χ0v) is 14.2. The number of sulfonamides is 1. The minimum atomic E-state index is -3.85. The summed E-state index contributed by atoms with van der Waals surface area (Å²) in [5.74, 6) is -0.200. The van der Waals surface area contributed by atoms with Crippen molar-refractivity contribution >= 4 is 27.3 Å². The maximum absolute atomic E-state index is 12.9. The number of fused-ring (bicyclic) bond motifs is 1. The summed E-state index contributed by atoms with van der Waals surface area (Å²) in [4.78, 5) is -0.0713. The summed E-state index contributed by atoms with van der Waals surface area (Å²) >= 11 is 5.87. The van der Waals surface area contributed by atoms with Gasteiger partial charge in [0, 0.05) is 12.5 Å². The monoisotopic (exact) mass is 373 g/mol. The molecule has 2 aromatic rings. The first-order chi connectivity index (χ1) is 11.3. The van der Waals surface area contributed by atoms with Crippen LogP contribution in [0.2, 0.25) is 5.02 Å². The number of nitrogens with zero attached hydrogens (tertiary/aromatic N) is 1. The van der Waals surface area contributed by atoms with E-state index in [2.05, 4.69) is 4.74 Å². The number of hydrogen-bond donors (Lipinski definition) is 0. The molecule has 128 valence electrons. The fourth-order valence-corrected chi connectivity index (χ4v) is 4.66. The zero-order chi connectivity index (χ0) is 17.5. The molecule has 1 unspecified atom stereocenters. The SMILES string of the molecule is CC1CN(S(=O)(=O)c2ccc(OC(F)F)c(Cl)c2)c2ccccc21. The number of alkyl halides is 2. The van der Waals surface area contributed by atoms with Crippen molar-refractivity contribution in [3.8, 4) is 5.75 Å². The van der Waals surface area contributed by atoms with Gasteiger partial charge in [-0.2, -0.15) is 8.78 Å². The second kappa shape index (κ2) is 6.22. The van der Waals surface area contributed by atoms with Gasteiger partial charge < -0.3 is 4.74 Å². The van der Waals surface area contributed by atoms with Crippen LogP contribution in [0.15, 0.2) is 47.4 Å². The molecule has 0 N–H and O–H groups in total. The van der Waals surface area contributed by atoms with E-state index < -0.39 is 16.6 Å². The third-order valence-electron chi connectivity index (χ3n) is 3.88. The first-order valence-corrected chi connectivity index (χ1v) is 8.98. The fraction of sp³-hybridized carbons (Fsp3) is 0.250. The molecule has 3 rings (SSSR count). The van der Waals surface area contributed by atoms with Gasteiger partial charge in [0.1, 0.15) is 5.75 Å². The van der Waals surface area contributed by atoms with Crippen LogP contribution in [0.25, 0.3) is 0 Å². The zero-order valence-electron chi connectivity index (χ0n) is 12.6. The van der Waals surface area contributed by atoms with Crippen LogP contribution in [-0.4, -0.2) is 21.6 Å². The topological polar surface area (TPSA) is 46.6 Å². The molecule has 24 heavy (non-hydrogen) atoms. The minimum Gasteiger partial charge on any atom is -0.433 e. The van der Waals surface area contributed by atoms with Crippen molar-refractivity contribution in [3.63, 3.8) is 0 Å². The summed E-state index contributed by atoms with van der Waals surface area (Å²) < 4.78 is 55.9. The van der Waals surface area contributed by atoms with Crippen molar-refractivity contribution in [1.82, 2.24) is 0 Å². The highest BCUT2D eigenvalue weighted by molar-refractivity contribution is 7.92.